The van der Waals surface area contributed by atoms with Crippen LogP contribution in [0, 0.1) is 11.2 Å². The first-order valence-electron chi connectivity index (χ1n) is 6.15. The molecule has 0 aliphatic carbocycles. The zero-order chi connectivity index (χ0) is 12.3. The fourth-order valence-corrected chi connectivity index (χ4v) is 2.46. The van der Waals surface area contributed by atoms with Crippen molar-refractivity contribution in [3.63, 3.8) is 0 Å². The lowest BCUT2D eigenvalue weighted by Gasteiger charge is -2.24. The predicted molar refractivity (Wildman–Crippen MR) is 65.3 cm³/mol. The van der Waals surface area contributed by atoms with E-state index in [0.717, 1.165) is 31.5 Å². The highest BCUT2D eigenvalue weighted by Gasteiger charge is 2.38. The Morgan fingerprint density at radius 1 is 1.41 bits per heavy atom. The molecular weight excluding hydrogens is 217 g/mol. The van der Waals surface area contributed by atoms with Crippen molar-refractivity contribution in [1.82, 2.24) is 5.32 Å². The van der Waals surface area contributed by atoms with Gasteiger partial charge in [-0.25, -0.2) is 4.39 Å². The highest BCUT2D eigenvalue weighted by atomic mass is 19.1. The van der Waals surface area contributed by atoms with Crippen LogP contribution in [0.3, 0.4) is 0 Å². The van der Waals surface area contributed by atoms with Gasteiger partial charge in [0.2, 0.25) is 0 Å². The molecule has 1 aliphatic heterocycles. The van der Waals surface area contributed by atoms with Crippen molar-refractivity contribution in [2.75, 3.05) is 13.1 Å². The lowest BCUT2D eigenvalue weighted by molar-refractivity contribution is -0.127. The van der Waals surface area contributed by atoms with Gasteiger partial charge in [-0.05, 0) is 37.1 Å². The van der Waals surface area contributed by atoms with E-state index in [1.165, 1.54) is 12.1 Å². The molecule has 1 aromatic rings. The summed E-state index contributed by atoms with van der Waals surface area (Å²) in [6.07, 6.45) is 2.21. The Morgan fingerprint density at radius 3 is 2.65 bits per heavy atom. The molecule has 1 aliphatic rings. The minimum atomic E-state index is -0.256. The van der Waals surface area contributed by atoms with Gasteiger partial charge in [0.25, 0.3) is 0 Å². The molecule has 1 unspecified atom stereocenters. The number of halogens is 1. The lowest BCUT2D eigenvalue weighted by atomic mass is 9.78. The second-order valence-electron chi connectivity index (χ2n) is 4.79. The van der Waals surface area contributed by atoms with E-state index in [1.807, 2.05) is 0 Å². The number of benzene rings is 1. The number of rotatable bonds is 4. The van der Waals surface area contributed by atoms with Crippen molar-refractivity contribution >= 4 is 5.78 Å². The Morgan fingerprint density at radius 2 is 2.12 bits per heavy atom. The summed E-state index contributed by atoms with van der Waals surface area (Å²) in [6, 6.07) is 6.21. The van der Waals surface area contributed by atoms with Gasteiger partial charge >= 0.3 is 0 Å². The lowest BCUT2D eigenvalue weighted by Crippen LogP contribution is -2.34. The van der Waals surface area contributed by atoms with Crippen molar-refractivity contribution < 1.29 is 9.18 Å². The van der Waals surface area contributed by atoms with E-state index in [-0.39, 0.29) is 17.0 Å². The Kier molecular flexibility index (Phi) is 3.57. The molecule has 1 atom stereocenters. The number of hydrogen-bond donors (Lipinski definition) is 1. The molecule has 17 heavy (non-hydrogen) atoms. The van der Waals surface area contributed by atoms with Crippen molar-refractivity contribution in [3.8, 4) is 0 Å². The molecule has 3 heteroatoms. The molecular formula is C14H18FNO. The van der Waals surface area contributed by atoms with Gasteiger partial charge in [0.1, 0.15) is 11.6 Å². The van der Waals surface area contributed by atoms with Crippen LogP contribution in [0.1, 0.15) is 25.3 Å². The molecule has 92 valence electrons. The summed E-state index contributed by atoms with van der Waals surface area (Å²) in [6.45, 7) is 3.77. The molecule has 1 saturated heterocycles. The summed E-state index contributed by atoms with van der Waals surface area (Å²) < 4.78 is 12.8. The van der Waals surface area contributed by atoms with Gasteiger partial charge in [-0.15, -0.1) is 0 Å². The normalized spacial score (nSPS) is 23.9. The molecule has 0 bridgehead atoms. The maximum atomic E-state index is 12.8. The van der Waals surface area contributed by atoms with Gasteiger partial charge in [0.05, 0.1) is 0 Å². The van der Waals surface area contributed by atoms with Crippen LogP contribution in [0.25, 0.3) is 0 Å². The molecule has 1 N–H and O–H groups in total. The number of hydrogen-bond acceptors (Lipinski definition) is 2. The molecule has 0 saturated carbocycles. The third kappa shape index (κ3) is 2.55. The second-order valence-corrected chi connectivity index (χ2v) is 4.79. The van der Waals surface area contributed by atoms with Crippen LogP contribution in [0.4, 0.5) is 4.39 Å². The average Bonchev–Trinajstić information content (AvgIpc) is 2.82. The van der Waals surface area contributed by atoms with Crippen molar-refractivity contribution in [1.29, 1.82) is 0 Å². The molecule has 0 radical (unpaired) electrons. The zero-order valence-corrected chi connectivity index (χ0v) is 10.1. The summed E-state index contributed by atoms with van der Waals surface area (Å²) in [7, 11) is 0. The summed E-state index contributed by atoms with van der Waals surface area (Å²) in [5, 5.41) is 3.26. The Bertz CT molecular complexity index is 393. The van der Waals surface area contributed by atoms with Gasteiger partial charge in [-0.1, -0.05) is 19.1 Å². The number of ketones is 1. The highest BCUT2D eigenvalue weighted by molar-refractivity contribution is 5.87. The molecule has 1 heterocycles. The van der Waals surface area contributed by atoms with Crippen molar-refractivity contribution in [2.24, 2.45) is 5.41 Å². The Hall–Kier alpha value is -1.22. The number of nitrogens with one attached hydrogen (secondary N) is 1. The van der Waals surface area contributed by atoms with Crippen LogP contribution < -0.4 is 5.32 Å². The van der Waals surface area contributed by atoms with Gasteiger partial charge in [0, 0.05) is 18.4 Å². The smallest absolute Gasteiger partial charge is 0.144 e. The minimum Gasteiger partial charge on any atom is -0.316 e. The predicted octanol–water partition coefficient (Wildman–Crippen LogP) is 2.33. The summed E-state index contributed by atoms with van der Waals surface area (Å²) in [5.41, 5.74) is 0.699. The van der Waals surface area contributed by atoms with Gasteiger partial charge in [-0.2, -0.15) is 0 Å². The van der Waals surface area contributed by atoms with E-state index in [9.17, 15) is 9.18 Å². The first-order chi connectivity index (χ1) is 8.16. The van der Waals surface area contributed by atoms with E-state index in [1.54, 1.807) is 12.1 Å². The van der Waals surface area contributed by atoms with Crippen molar-refractivity contribution in [2.45, 2.75) is 26.2 Å². The molecule has 1 fully saturated rings. The summed E-state index contributed by atoms with van der Waals surface area (Å²) in [5.74, 6) is 0.0190. The van der Waals surface area contributed by atoms with E-state index in [0.29, 0.717) is 6.42 Å². The van der Waals surface area contributed by atoms with Crippen LogP contribution in [-0.2, 0) is 11.2 Å². The van der Waals surface area contributed by atoms with E-state index >= 15 is 0 Å². The Labute approximate surface area is 101 Å². The van der Waals surface area contributed by atoms with Crippen LogP contribution in [-0.4, -0.2) is 18.9 Å². The molecule has 2 rings (SSSR count). The van der Waals surface area contributed by atoms with Gasteiger partial charge < -0.3 is 5.32 Å². The van der Waals surface area contributed by atoms with E-state index < -0.39 is 0 Å². The van der Waals surface area contributed by atoms with Crippen molar-refractivity contribution in [3.05, 3.63) is 35.6 Å². The second kappa shape index (κ2) is 4.96. The quantitative estimate of drug-likeness (QED) is 0.867. The fourth-order valence-electron chi connectivity index (χ4n) is 2.46. The largest absolute Gasteiger partial charge is 0.316 e. The molecule has 2 nitrogen and oxygen atoms in total. The molecule has 0 aromatic heterocycles. The highest BCUT2D eigenvalue weighted by Crippen LogP contribution is 2.31. The number of Topliss-reactive ketones (excluding diaryl/α,β-unsaturated/α-hetero) is 1. The average molecular weight is 235 g/mol. The number of carbonyl (C=O) groups excluding carboxylic acids is 1. The number of carbonyl (C=O) groups is 1. The summed E-state index contributed by atoms with van der Waals surface area (Å²) >= 11 is 0. The third-order valence-electron chi connectivity index (χ3n) is 3.79. The van der Waals surface area contributed by atoms with Crippen LogP contribution >= 0.6 is 0 Å². The molecule has 0 spiro atoms. The zero-order valence-electron chi connectivity index (χ0n) is 10.1. The SMILES string of the molecule is CCC1(C(=O)Cc2ccc(F)cc2)CCNC1. The third-order valence-corrected chi connectivity index (χ3v) is 3.79. The topological polar surface area (TPSA) is 29.1 Å². The fraction of sp³-hybridized carbons (Fsp3) is 0.500. The molecule has 1 aromatic carbocycles. The first-order valence-corrected chi connectivity index (χ1v) is 6.15. The Balaban J connectivity index is 2.08. The van der Waals surface area contributed by atoms with Gasteiger partial charge in [0.15, 0.2) is 0 Å². The minimum absolute atomic E-state index is 0.200. The van der Waals surface area contributed by atoms with Gasteiger partial charge in [-0.3, -0.25) is 4.79 Å². The summed E-state index contributed by atoms with van der Waals surface area (Å²) in [4.78, 5) is 12.3. The van der Waals surface area contributed by atoms with E-state index in [2.05, 4.69) is 12.2 Å². The van der Waals surface area contributed by atoms with Crippen LogP contribution in [0.5, 0.6) is 0 Å². The first kappa shape index (κ1) is 12.2. The van der Waals surface area contributed by atoms with Crippen LogP contribution in [0.15, 0.2) is 24.3 Å². The van der Waals surface area contributed by atoms with Crippen LogP contribution in [0.2, 0.25) is 0 Å². The molecule has 0 amide bonds. The maximum absolute atomic E-state index is 12.8. The van der Waals surface area contributed by atoms with E-state index in [4.69, 9.17) is 0 Å². The monoisotopic (exact) mass is 235 g/mol. The maximum Gasteiger partial charge on any atom is 0.144 e. The standard InChI is InChI=1S/C14H18FNO/c1-2-14(7-8-16-10-14)13(17)9-11-3-5-12(15)6-4-11/h3-6,16H,2,7-10H2,1H3.